The van der Waals surface area contributed by atoms with Gasteiger partial charge in [0.25, 0.3) is 5.91 Å². The second-order valence-electron chi connectivity index (χ2n) is 6.55. The van der Waals surface area contributed by atoms with Gasteiger partial charge in [0.05, 0.1) is 17.5 Å². The number of likely N-dealkylation sites (tertiary alicyclic amines) is 1. The van der Waals surface area contributed by atoms with E-state index in [1.165, 1.54) is 17.8 Å². The molecule has 2 aromatic heterocycles. The number of aromatic nitrogens is 1. The van der Waals surface area contributed by atoms with Crippen LogP contribution in [0.2, 0.25) is 0 Å². The Morgan fingerprint density at radius 1 is 1.29 bits per heavy atom. The predicted octanol–water partition coefficient (Wildman–Crippen LogP) is 4.33. The molecule has 1 unspecified atom stereocenters. The van der Waals surface area contributed by atoms with E-state index >= 15 is 0 Å². The SMILES string of the molecule is COc1ccc2cc3cc(C(=O)N4CCCC(C)C4)sc3nc2c1. The molecule has 1 aromatic carbocycles. The predicted molar refractivity (Wildman–Crippen MR) is 98.0 cm³/mol. The number of hydrogen-bond donors (Lipinski definition) is 0. The summed E-state index contributed by atoms with van der Waals surface area (Å²) >= 11 is 1.49. The largest absolute Gasteiger partial charge is 0.497 e. The van der Waals surface area contributed by atoms with E-state index < -0.39 is 0 Å². The van der Waals surface area contributed by atoms with Gasteiger partial charge in [-0.3, -0.25) is 4.79 Å². The zero-order chi connectivity index (χ0) is 16.7. The van der Waals surface area contributed by atoms with Crippen LogP contribution in [0.25, 0.3) is 21.1 Å². The highest BCUT2D eigenvalue weighted by molar-refractivity contribution is 7.20. The van der Waals surface area contributed by atoms with E-state index in [0.717, 1.165) is 51.3 Å². The first-order valence-corrected chi connectivity index (χ1v) is 9.13. The standard InChI is InChI=1S/C19H20N2O2S/c1-12-4-3-7-21(11-12)19(22)17-9-14-8-13-5-6-15(23-2)10-16(13)20-18(14)24-17/h5-6,8-10,12H,3-4,7,11H2,1-2H3. The summed E-state index contributed by atoms with van der Waals surface area (Å²) in [5.74, 6) is 1.53. The molecule has 1 atom stereocenters. The van der Waals surface area contributed by atoms with E-state index in [2.05, 4.69) is 13.0 Å². The van der Waals surface area contributed by atoms with Crippen LogP contribution < -0.4 is 4.74 Å². The number of pyridine rings is 1. The number of thiophene rings is 1. The molecule has 3 aromatic rings. The smallest absolute Gasteiger partial charge is 0.264 e. The maximum atomic E-state index is 12.8. The number of hydrogen-bond acceptors (Lipinski definition) is 4. The highest BCUT2D eigenvalue weighted by atomic mass is 32.1. The number of carbonyl (C=O) groups is 1. The maximum absolute atomic E-state index is 12.8. The molecule has 0 bridgehead atoms. The van der Waals surface area contributed by atoms with Crippen LogP contribution in [0.5, 0.6) is 5.75 Å². The lowest BCUT2D eigenvalue weighted by Gasteiger charge is -2.30. The average Bonchev–Trinajstić information content (AvgIpc) is 3.01. The van der Waals surface area contributed by atoms with Crippen LogP contribution in [-0.4, -0.2) is 36.0 Å². The number of methoxy groups -OCH3 is 1. The molecule has 0 spiro atoms. The Kier molecular flexibility index (Phi) is 3.88. The molecule has 0 aliphatic carbocycles. The average molecular weight is 340 g/mol. The van der Waals surface area contributed by atoms with Gasteiger partial charge in [0, 0.05) is 29.9 Å². The molecule has 0 N–H and O–H groups in total. The lowest BCUT2D eigenvalue weighted by atomic mass is 10.0. The third kappa shape index (κ3) is 2.73. The van der Waals surface area contributed by atoms with Crippen molar-refractivity contribution < 1.29 is 9.53 Å². The Balaban J connectivity index is 1.71. The molecule has 24 heavy (non-hydrogen) atoms. The minimum Gasteiger partial charge on any atom is -0.497 e. The fourth-order valence-electron chi connectivity index (χ4n) is 3.37. The second kappa shape index (κ2) is 6.06. The van der Waals surface area contributed by atoms with Crippen LogP contribution in [0.15, 0.2) is 30.3 Å². The van der Waals surface area contributed by atoms with Crippen LogP contribution in [0.4, 0.5) is 0 Å². The molecule has 1 fully saturated rings. The molecule has 1 amide bonds. The Labute approximate surface area is 145 Å². The van der Waals surface area contributed by atoms with Crippen molar-refractivity contribution in [1.29, 1.82) is 0 Å². The van der Waals surface area contributed by atoms with Crippen LogP contribution in [0.1, 0.15) is 29.4 Å². The summed E-state index contributed by atoms with van der Waals surface area (Å²) in [6.07, 6.45) is 2.31. The summed E-state index contributed by atoms with van der Waals surface area (Å²) in [6.45, 7) is 3.94. The molecular formula is C19H20N2O2S. The molecule has 4 nitrogen and oxygen atoms in total. The molecule has 0 saturated carbocycles. The fourth-order valence-corrected chi connectivity index (χ4v) is 4.36. The minimum atomic E-state index is 0.145. The molecule has 0 radical (unpaired) electrons. The topological polar surface area (TPSA) is 42.4 Å². The second-order valence-corrected chi connectivity index (χ2v) is 7.58. The van der Waals surface area contributed by atoms with Gasteiger partial charge in [-0.05, 0) is 43.0 Å². The molecule has 5 heteroatoms. The van der Waals surface area contributed by atoms with E-state index in [1.807, 2.05) is 29.2 Å². The highest BCUT2D eigenvalue weighted by Crippen LogP contribution is 2.30. The quantitative estimate of drug-likeness (QED) is 0.697. The zero-order valence-electron chi connectivity index (χ0n) is 13.9. The monoisotopic (exact) mass is 340 g/mol. The normalized spacial score (nSPS) is 18.2. The van der Waals surface area contributed by atoms with Crippen molar-refractivity contribution in [2.24, 2.45) is 5.92 Å². The first-order valence-electron chi connectivity index (χ1n) is 8.31. The molecule has 4 rings (SSSR count). The number of carbonyl (C=O) groups excluding carboxylic acids is 1. The van der Waals surface area contributed by atoms with Gasteiger partial charge in [-0.2, -0.15) is 0 Å². The van der Waals surface area contributed by atoms with Crippen LogP contribution in [0.3, 0.4) is 0 Å². The first kappa shape index (κ1) is 15.4. The van der Waals surface area contributed by atoms with Crippen LogP contribution >= 0.6 is 11.3 Å². The van der Waals surface area contributed by atoms with E-state index in [9.17, 15) is 4.79 Å². The van der Waals surface area contributed by atoms with Crippen molar-refractivity contribution in [2.45, 2.75) is 19.8 Å². The van der Waals surface area contributed by atoms with Gasteiger partial charge >= 0.3 is 0 Å². The first-order chi connectivity index (χ1) is 11.6. The Bertz CT molecular complexity index is 918. The van der Waals surface area contributed by atoms with Crippen molar-refractivity contribution in [1.82, 2.24) is 9.88 Å². The number of ether oxygens (including phenoxy) is 1. The van der Waals surface area contributed by atoms with Gasteiger partial charge in [-0.1, -0.05) is 6.92 Å². The lowest BCUT2D eigenvalue weighted by molar-refractivity contribution is 0.0688. The van der Waals surface area contributed by atoms with Crippen LogP contribution in [0, 0.1) is 5.92 Å². The molecule has 1 aliphatic rings. The Hall–Kier alpha value is -2.14. The molecule has 3 heterocycles. The van der Waals surface area contributed by atoms with Crippen molar-refractivity contribution in [3.05, 3.63) is 35.2 Å². The summed E-state index contributed by atoms with van der Waals surface area (Å²) in [5, 5.41) is 2.10. The molecule has 1 saturated heterocycles. The van der Waals surface area contributed by atoms with E-state index in [0.29, 0.717) is 5.92 Å². The zero-order valence-corrected chi connectivity index (χ0v) is 14.7. The summed E-state index contributed by atoms with van der Waals surface area (Å²) in [7, 11) is 1.65. The van der Waals surface area contributed by atoms with Gasteiger partial charge in [0.1, 0.15) is 10.6 Å². The minimum absolute atomic E-state index is 0.145. The summed E-state index contributed by atoms with van der Waals surface area (Å²) in [4.78, 5) is 21.2. The number of benzene rings is 1. The van der Waals surface area contributed by atoms with Gasteiger partial charge in [-0.25, -0.2) is 4.98 Å². The summed E-state index contributed by atoms with van der Waals surface area (Å²) in [5.41, 5.74) is 0.897. The van der Waals surface area contributed by atoms with Crippen molar-refractivity contribution in [3.8, 4) is 5.75 Å². The number of fused-ring (bicyclic) bond motifs is 2. The third-order valence-corrected chi connectivity index (χ3v) is 5.70. The third-order valence-electron chi connectivity index (χ3n) is 4.67. The number of amides is 1. The fraction of sp³-hybridized carbons (Fsp3) is 0.368. The number of nitrogens with zero attached hydrogens (tertiary/aromatic N) is 2. The van der Waals surface area contributed by atoms with Gasteiger partial charge in [0.15, 0.2) is 0 Å². The highest BCUT2D eigenvalue weighted by Gasteiger charge is 2.23. The maximum Gasteiger partial charge on any atom is 0.264 e. The van der Waals surface area contributed by atoms with Crippen molar-refractivity contribution in [3.63, 3.8) is 0 Å². The Morgan fingerprint density at radius 2 is 2.17 bits per heavy atom. The Morgan fingerprint density at radius 3 is 2.96 bits per heavy atom. The molecular weight excluding hydrogens is 320 g/mol. The van der Waals surface area contributed by atoms with E-state index in [-0.39, 0.29) is 5.91 Å². The summed E-state index contributed by atoms with van der Waals surface area (Å²) in [6, 6.07) is 9.96. The van der Waals surface area contributed by atoms with Crippen molar-refractivity contribution in [2.75, 3.05) is 20.2 Å². The lowest BCUT2D eigenvalue weighted by Crippen LogP contribution is -2.38. The van der Waals surface area contributed by atoms with E-state index in [1.54, 1.807) is 7.11 Å². The van der Waals surface area contributed by atoms with Gasteiger partial charge in [-0.15, -0.1) is 11.3 Å². The summed E-state index contributed by atoms with van der Waals surface area (Å²) < 4.78 is 5.27. The van der Waals surface area contributed by atoms with Gasteiger partial charge in [0.2, 0.25) is 0 Å². The van der Waals surface area contributed by atoms with Crippen LogP contribution in [-0.2, 0) is 0 Å². The van der Waals surface area contributed by atoms with E-state index in [4.69, 9.17) is 9.72 Å². The molecule has 1 aliphatic heterocycles. The number of piperidine rings is 1. The molecule has 124 valence electrons. The van der Waals surface area contributed by atoms with Crippen molar-refractivity contribution >= 4 is 38.4 Å². The van der Waals surface area contributed by atoms with Gasteiger partial charge < -0.3 is 9.64 Å². The number of rotatable bonds is 2.